The summed E-state index contributed by atoms with van der Waals surface area (Å²) in [5.41, 5.74) is 4.35. The van der Waals surface area contributed by atoms with E-state index in [4.69, 9.17) is 0 Å². The molecule has 2 aromatic heterocycles. The molecular formula is C20H17N5O. The summed E-state index contributed by atoms with van der Waals surface area (Å²) in [6.45, 7) is 1.98. The van der Waals surface area contributed by atoms with Gasteiger partial charge >= 0.3 is 6.03 Å². The summed E-state index contributed by atoms with van der Waals surface area (Å²) in [6, 6.07) is 16.8. The Hall–Kier alpha value is -3.67. The summed E-state index contributed by atoms with van der Waals surface area (Å²) in [7, 11) is 0. The third-order valence-corrected chi connectivity index (χ3v) is 3.95. The van der Waals surface area contributed by atoms with Gasteiger partial charge in [-0.05, 0) is 42.8 Å². The molecule has 128 valence electrons. The van der Waals surface area contributed by atoms with Crippen molar-refractivity contribution in [1.29, 1.82) is 0 Å². The van der Waals surface area contributed by atoms with E-state index in [1.807, 2.05) is 78.3 Å². The summed E-state index contributed by atoms with van der Waals surface area (Å²) >= 11 is 0. The molecule has 0 radical (unpaired) electrons. The Bertz CT molecular complexity index is 1040. The van der Waals surface area contributed by atoms with Crippen LogP contribution in [0.1, 0.15) is 5.56 Å². The molecule has 4 rings (SSSR count). The van der Waals surface area contributed by atoms with Gasteiger partial charge in [-0.3, -0.25) is 4.40 Å². The molecule has 0 saturated carbocycles. The van der Waals surface area contributed by atoms with Crippen LogP contribution in [0.5, 0.6) is 0 Å². The number of nitrogens with one attached hydrogen (secondary N) is 2. The van der Waals surface area contributed by atoms with Crippen molar-refractivity contribution in [3.05, 3.63) is 78.8 Å². The molecule has 2 aromatic carbocycles. The fourth-order valence-electron chi connectivity index (χ4n) is 2.71. The van der Waals surface area contributed by atoms with Crippen LogP contribution in [0.3, 0.4) is 0 Å². The zero-order valence-electron chi connectivity index (χ0n) is 14.2. The molecule has 0 unspecified atom stereocenters. The smallest absolute Gasteiger partial charge is 0.308 e. The van der Waals surface area contributed by atoms with Gasteiger partial charge < -0.3 is 10.6 Å². The predicted octanol–water partition coefficient (Wildman–Crippen LogP) is 4.35. The Labute approximate surface area is 150 Å². The number of carbonyl (C=O) groups excluding carboxylic acids is 1. The normalized spacial score (nSPS) is 10.7. The molecular weight excluding hydrogens is 326 g/mol. The number of aryl methyl sites for hydroxylation is 1. The van der Waals surface area contributed by atoms with Gasteiger partial charge in [0.25, 0.3) is 0 Å². The van der Waals surface area contributed by atoms with Crippen molar-refractivity contribution in [3.63, 3.8) is 0 Å². The molecule has 0 atom stereocenters. The third kappa shape index (κ3) is 3.39. The van der Waals surface area contributed by atoms with Gasteiger partial charge in [0.1, 0.15) is 0 Å². The molecule has 2 N–H and O–H groups in total. The fourth-order valence-corrected chi connectivity index (χ4v) is 2.71. The molecule has 0 aliphatic rings. The number of anilines is 2. The first-order valence-electron chi connectivity index (χ1n) is 8.22. The molecule has 2 heterocycles. The van der Waals surface area contributed by atoms with E-state index >= 15 is 0 Å². The van der Waals surface area contributed by atoms with Gasteiger partial charge in [0.15, 0.2) is 0 Å². The molecule has 0 saturated heterocycles. The van der Waals surface area contributed by atoms with Crippen LogP contribution >= 0.6 is 0 Å². The Morgan fingerprint density at radius 1 is 1.00 bits per heavy atom. The quantitative estimate of drug-likeness (QED) is 0.581. The summed E-state index contributed by atoms with van der Waals surface area (Å²) in [5, 5.41) is 5.65. The van der Waals surface area contributed by atoms with Gasteiger partial charge in [0.2, 0.25) is 5.78 Å². The Morgan fingerprint density at radius 3 is 2.58 bits per heavy atom. The summed E-state index contributed by atoms with van der Waals surface area (Å²) in [4.78, 5) is 20.8. The number of carbonyl (C=O) groups is 1. The van der Waals surface area contributed by atoms with Crippen LogP contribution in [0.25, 0.3) is 17.0 Å². The number of imidazole rings is 1. The van der Waals surface area contributed by atoms with Crippen LogP contribution in [-0.4, -0.2) is 20.4 Å². The zero-order valence-corrected chi connectivity index (χ0v) is 14.2. The Morgan fingerprint density at radius 2 is 1.81 bits per heavy atom. The van der Waals surface area contributed by atoms with E-state index in [-0.39, 0.29) is 6.03 Å². The second kappa shape index (κ2) is 6.68. The van der Waals surface area contributed by atoms with E-state index in [1.165, 1.54) is 0 Å². The number of aromatic nitrogens is 3. The number of amides is 2. The van der Waals surface area contributed by atoms with Crippen molar-refractivity contribution in [2.45, 2.75) is 6.92 Å². The first kappa shape index (κ1) is 15.8. The molecule has 6 nitrogen and oxygen atoms in total. The lowest BCUT2D eigenvalue weighted by Crippen LogP contribution is -2.19. The maximum atomic E-state index is 12.1. The minimum Gasteiger partial charge on any atom is -0.308 e. The minimum atomic E-state index is -0.278. The van der Waals surface area contributed by atoms with Crippen LogP contribution in [0.4, 0.5) is 16.2 Å². The fraction of sp³-hybridized carbons (Fsp3) is 0.0500. The SMILES string of the molecule is Cc1cccc(NC(=O)Nc2ccc(-c3cn4cccnc4n3)cc2)c1. The van der Waals surface area contributed by atoms with Gasteiger partial charge in [-0.2, -0.15) is 0 Å². The van der Waals surface area contributed by atoms with Crippen molar-refractivity contribution < 1.29 is 4.79 Å². The molecule has 26 heavy (non-hydrogen) atoms. The van der Waals surface area contributed by atoms with Crippen LogP contribution in [0, 0.1) is 6.92 Å². The van der Waals surface area contributed by atoms with Gasteiger partial charge in [0, 0.05) is 35.5 Å². The summed E-state index contributed by atoms with van der Waals surface area (Å²) in [5.74, 6) is 0.655. The third-order valence-electron chi connectivity index (χ3n) is 3.95. The topological polar surface area (TPSA) is 71.3 Å². The molecule has 2 amide bonds. The van der Waals surface area contributed by atoms with Gasteiger partial charge in [-0.15, -0.1) is 0 Å². The van der Waals surface area contributed by atoms with E-state index < -0.39 is 0 Å². The number of benzene rings is 2. The van der Waals surface area contributed by atoms with Crippen LogP contribution in [-0.2, 0) is 0 Å². The Balaban J connectivity index is 1.46. The Kier molecular flexibility index (Phi) is 4.07. The zero-order chi connectivity index (χ0) is 17.9. The molecule has 6 heteroatoms. The van der Waals surface area contributed by atoms with Gasteiger partial charge in [0.05, 0.1) is 5.69 Å². The van der Waals surface area contributed by atoms with Crippen molar-refractivity contribution >= 4 is 23.2 Å². The largest absolute Gasteiger partial charge is 0.323 e. The van der Waals surface area contributed by atoms with Crippen molar-refractivity contribution in [1.82, 2.24) is 14.4 Å². The number of rotatable bonds is 3. The maximum absolute atomic E-state index is 12.1. The number of hydrogen-bond acceptors (Lipinski definition) is 3. The van der Waals surface area contributed by atoms with E-state index in [9.17, 15) is 4.79 Å². The number of nitrogens with zero attached hydrogens (tertiary/aromatic N) is 3. The molecule has 0 fully saturated rings. The highest BCUT2D eigenvalue weighted by Crippen LogP contribution is 2.21. The van der Waals surface area contributed by atoms with Crippen molar-refractivity contribution in [2.24, 2.45) is 0 Å². The highest BCUT2D eigenvalue weighted by Gasteiger charge is 2.06. The standard InChI is InChI=1S/C20H17N5O/c1-14-4-2-5-17(12-14)23-20(26)22-16-8-6-15(7-9-16)18-13-25-11-3-10-21-19(25)24-18/h2-13H,1H3,(H2,22,23,26). The number of hydrogen-bond donors (Lipinski definition) is 2. The summed E-state index contributed by atoms with van der Waals surface area (Å²) in [6.07, 6.45) is 5.55. The molecule has 0 aliphatic heterocycles. The lowest BCUT2D eigenvalue weighted by atomic mass is 10.1. The average Bonchev–Trinajstić information content (AvgIpc) is 3.06. The number of fused-ring (bicyclic) bond motifs is 1. The second-order valence-corrected chi connectivity index (χ2v) is 5.98. The number of urea groups is 1. The second-order valence-electron chi connectivity index (χ2n) is 5.98. The van der Waals surface area contributed by atoms with Crippen LogP contribution < -0.4 is 10.6 Å². The molecule has 0 aliphatic carbocycles. The predicted molar refractivity (Wildman–Crippen MR) is 102 cm³/mol. The average molecular weight is 343 g/mol. The first-order chi connectivity index (χ1) is 12.7. The first-order valence-corrected chi connectivity index (χ1v) is 8.22. The minimum absolute atomic E-state index is 0.278. The van der Waals surface area contributed by atoms with E-state index in [0.717, 1.165) is 22.5 Å². The van der Waals surface area contributed by atoms with Crippen LogP contribution in [0.15, 0.2) is 73.2 Å². The van der Waals surface area contributed by atoms with E-state index in [2.05, 4.69) is 20.6 Å². The lowest BCUT2D eigenvalue weighted by Gasteiger charge is -2.08. The lowest BCUT2D eigenvalue weighted by molar-refractivity contribution is 0.262. The highest BCUT2D eigenvalue weighted by atomic mass is 16.2. The van der Waals surface area contributed by atoms with Crippen molar-refractivity contribution in [2.75, 3.05) is 10.6 Å². The molecule has 0 bridgehead atoms. The van der Waals surface area contributed by atoms with Crippen LogP contribution in [0.2, 0.25) is 0 Å². The van der Waals surface area contributed by atoms with Gasteiger partial charge in [-0.25, -0.2) is 14.8 Å². The van der Waals surface area contributed by atoms with Gasteiger partial charge in [-0.1, -0.05) is 24.3 Å². The summed E-state index contributed by atoms with van der Waals surface area (Å²) < 4.78 is 1.87. The monoisotopic (exact) mass is 343 g/mol. The highest BCUT2D eigenvalue weighted by molar-refractivity contribution is 5.99. The maximum Gasteiger partial charge on any atom is 0.323 e. The van der Waals surface area contributed by atoms with Crippen molar-refractivity contribution in [3.8, 4) is 11.3 Å². The van der Waals surface area contributed by atoms with E-state index in [1.54, 1.807) is 6.20 Å². The molecule has 4 aromatic rings. The van der Waals surface area contributed by atoms with E-state index in [0.29, 0.717) is 11.5 Å². The molecule has 0 spiro atoms.